The van der Waals surface area contributed by atoms with Crippen molar-refractivity contribution < 1.29 is 13.2 Å². The maximum Gasteiger partial charge on any atom is 0.237 e. The van der Waals surface area contributed by atoms with Crippen LogP contribution >= 0.6 is 0 Å². The molecule has 1 aliphatic rings. The molecule has 1 amide bonds. The number of carbonyl (C=O) groups excluding carboxylic acids is 1. The van der Waals surface area contributed by atoms with Crippen molar-refractivity contribution in [1.29, 1.82) is 0 Å². The van der Waals surface area contributed by atoms with Crippen LogP contribution in [0.3, 0.4) is 0 Å². The van der Waals surface area contributed by atoms with Gasteiger partial charge in [0.2, 0.25) is 15.9 Å². The van der Waals surface area contributed by atoms with Crippen molar-refractivity contribution in [2.75, 3.05) is 19.3 Å². The van der Waals surface area contributed by atoms with Gasteiger partial charge >= 0.3 is 0 Å². The molecule has 7 heteroatoms. The minimum absolute atomic E-state index is 0.0738. The lowest BCUT2D eigenvalue weighted by Crippen LogP contribution is -2.40. The van der Waals surface area contributed by atoms with E-state index in [-0.39, 0.29) is 18.0 Å². The van der Waals surface area contributed by atoms with Gasteiger partial charge in [-0.05, 0) is 13.3 Å². The van der Waals surface area contributed by atoms with Gasteiger partial charge in [0, 0.05) is 19.1 Å². The summed E-state index contributed by atoms with van der Waals surface area (Å²) in [7, 11) is -3.19. The molecule has 0 spiro atoms. The van der Waals surface area contributed by atoms with Crippen LogP contribution in [0.2, 0.25) is 0 Å². The summed E-state index contributed by atoms with van der Waals surface area (Å²) in [6, 6.07) is -0.475. The summed E-state index contributed by atoms with van der Waals surface area (Å²) in [5.74, 6) is -0.0738. The highest BCUT2D eigenvalue weighted by Gasteiger charge is 2.30. The third kappa shape index (κ3) is 4.15. The first-order valence-electron chi connectivity index (χ1n) is 4.90. The highest BCUT2D eigenvalue weighted by Crippen LogP contribution is 2.07. The van der Waals surface area contributed by atoms with Crippen LogP contribution < -0.4 is 15.4 Å². The van der Waals surface area contributed by atoms with E-state index < -0.39 is 10.0 Å². The molecule has 1 rings (SSSR count). The second-order valence-electron chi connectivity index (χ2n) is 3.68. The third-order valence-electron chi connectivity index (χ3n) is 2.18. The van der Waals surface area contributed by atoms with Gasteiger partial charge in [-0.1, -0.05) is 0 Å². The van der Waals surface area contributed by atoms with E-state index in [1.165, 1.54) is 0 Å². The smallest absolute Gasteiger partial charge is 0.237 e. The summed E-state index contributed by atoms with van der Waals surface area (Å²) < 4.78 is 24.4. The van der Waals surface area contributed by atoms with E-state index in [4.69, 9.17) is 0 Å². The lowest BCUT2D eigenvalue weighted by molar-refractivity contribution is -0.122. The van der Waals surface area contributed by atoms with Crippen molar-refractivity contribution in [3.63, 3.8) is 0 Å². The fraction of sp³-hybridized carbons (Fsp3) is 0.875. The number of carbonyl (C=O) groups is 1. The summed E-state index contributed by atoms with van der Waals surface area (Å²) in [6.45, 7) is 2.93. The molecule has 1 heterocycles. The van der Waals surface area contributed by atoms with Crippen molar-refractivity contribution in [1.82, 2.24) is 15.4 Å². The number of nitrogens with one attached hydrogen (secondary N) is 3. The van der Waals surface area contributed by atoms with Gasteiger partial charge in [-0.3, -0.25) is 4.79 Å². The molecule has 0 aliphatic carbocycles. The number of amides is 1. The third-order valence-corrected chi connectivity index (χ3v) is 2.94. The van der Waals surface area contributed by atoms with Gasteiger partial charge in [-0.15, -0.1) is 0 Å². The Balaban J connectivity index is 2.42. The Bertz CT molecular complexity index is 328. The number of sulfonamides is 1. The van der Waals surface area contributed by atoms with E-state index >= 15 is 0 Å². The molecule has 1 aliphatic heterocycles. The molecule has 6 nitrogen and oxygen atoms in total. The molecule has 1 saturated heterocycles. The molecular formula is C8H17N3O3S. The molecule has 15 heavy (non-hydrogen) atoms. The first kappa shape index (κ1) is 12.4. The zero-order valence-electron chi connectivity index (χ0n) is 8.91. The van der Waals surface area contributed by atoms with Gasteiger partial charge in [0.05, 0.1) is 12.3 Å². The monoisotopic (exact) mass is 235 g/mol. The normalized spacial score (nSPS) is 26.5. The van der Waals surface area contributed by atoms with Crippen LogP contribution in [-0.4, -0.2) is 45.8 Å². The van der Waals surface area contributed by atoms with Crippen LogP contribution in [0, 0.1) is 0 Å². The maximum atomic E-state index is 11.4. The van der Waals surface area contributed by atoms with Gasteiger partial charge in [-0.2, -0.15) is 0 Å². The van der Waals surface area contributed by atoms with Crippen molar-refractivity contribution >= 4 is 15.9 Å². The van der Waals surface area contributed by atoms with Gasteiger partial charge in [0.15, 0.2) is 0 Å². The van der Waals surface area contributed by atoms with Crippen LogP contribution in [0.1, 0.15) is 13.3 Å². The van der Waals surface area contributed by atoms with Crippen LogP contribution in [0.4, 0.5) is 0 Å². The molecule has 88 valence electrons. The van der Waals surface area contributed by atoms with Crippen LogP contribution in [-0.2, 0) is 14.8 Å². The van der Waals surface area contributed by atoms with E-state index in [1.807, 2.05) is 6.92 Å². The average Bonchev–Trinajstić information content (AvgIpc) is 2.50. The van der Waals surface area contributed by atoms with E-state index in [2.05, 4.69) is 15.4 Å². The fourth-order valence-electron chi connectivity index (χ4n) is 1.63. The number of rotatable bonds is 4. The molecular weight excluding hydrogens is 218 g/mol. The van der Waals surface area contributed by atoms with E-state index in [0.717, 1.165) is 6.26 Å². The van der Waals surface area contributed by atoms with E-state index in [1.54, 1.807) is 0 Å². The zero-order chi connectivity index (χ0) is 11.5. The predicted octanol–water partition coefficient (Wildman–Crippen LogP) is -1.60. The Morgan fingerprint density at radius 2 is 2.20 bits per heavy atom. The number of likely N-dealkylation sites (N-methyl/N-ethyl adjacent to an activating group) is 1. The Kier molecular flexibility index (Phi) is 4.06. The summed E-state index contributed by atoms with van der Waals surface area (Å²) in [4.78, 5) is 11.4. The van der Waals surface area contributed by atoms with E-state index in [0.29, 0.717) is 19.5 Å². The molecule has 2 atom stereocenters. The first-order valence-corrected chi connectivity index (χ1v) is 6.80. The number of hydrogen-bond acceptors (Lipinski definition) is 4. The van der Waals surface area contributed by atoms with Crippen LogP contribution in [0.5, 0.6) is 0 Å². The molecule has 0 unspecified atom stereocenters. The molecule has 0 aromatic carbocycles. The fourth-order valence-corrected chi connectivity index (χ4v) is 2.41. The predicted molar refractivity (Wildman–Crippen MR) is 56.9 cm³/mol. The average molecular weight is 235 g/mol. The molecule has 0 aromatic heterocycles. The van der Waals surface area contributed by atoms with E-state index in [9.17, 15) is 13.2 Å². The van der Waals surface area contributed by atoms with Crippen molar-refractivity contribution in [3.05, 3.63) is 0 Å². The molecule has 0 radical (unpaired) electrons. The quantitative estimate of drug-likeness (QED) is 0.548. The lowest BCUT2D eigenvalue weighted by atomic mass is 10.2. The van der Waals surface area contributed by atoms with Gasteiger partial charge < -0.3 is 10.6 Å². The minimum Gasteiger partial charge on any atom is -0.355 e. The largest absolute Gasteiger partial charge is 0.355 e. The molecule has 1 fully saturated rings. The molecule has 3 N–H and O–H groups in total. The molecule has 0 aromatic rings. The summed E-state index contributed by atoms with van der Waals surface area (Å²) in [6.07, 6.45) is 1.62. The topological polar surface area (TPSA) is 87.3 Å². The second-order valence-corrected chi connectivity index (χ2v) is 5.46. The van der Waals surface area contributed by atoms with Gasteiger partial charge in [0.25, 0.3) is 0 Å². The lowest BCUT2D eigenvalue weighted by Gasteiger charge is -2.10. The minimum atomic E-state index is -3.19. The summed E-state index contributed by atoms with van der Waals surface area (Å²) in [5, 5.41) is 5.67. The SMILES string of the molecule is CCNC(=O)[C@@H]1C[C@@H](NS(C)(=O)=O)CN1. The molecule has 0 saturated carbocycles. The van der Waals surface area contributed by atoms with Crippen molar-refractivity contribution in [2.24, 2.45) is 0 Å². The Hall–Kier alpha value is -0.660. The first-order chi connectivity index (χ1) is 6.92. The highest BCUT2D eigenvalue weighted by atomic mass is 32.2. The van der Waals surface area contributed by atoms with Crippen molar-refractivity contribution in [2.45, 2.75) is 25.4 Å². The zero-order valence-corrected chi connectivity index (χ0v) is 9.73. The standard InChI is InChI=1S/C8H17N3O3S/c1-3-9-8(12)7-4-6(5-10-7)11-15(2,13)14/h6-7,10-11H,3-5H2,1-2H3,(H,9,12)/t6-,7+/m1/s1. The summed E-state index contributed by atoms with van der Waals surface area (Å²) >= 11 is 0. The Morgan fingerprint density at radius 1 is 1.53 bits per heavy atom. The highest BCUT2D eigenvalue weighted by molar-refractivity contribution is 7.88. The van der Waals surface area contributed by atoms with Crippen LogP contribution in [0.25, 0.3) is 0 Å². The Labute approximate surface area is 89.9 Å². The van der Waals surface area contributed by atoms with Gasteiger partial charge in [-0.25, -0.2) is 13.1 Å². The second kappa shape index (κ2) is 4.91. The Morgan fingerprint density at radius 3 is 2.73 bits per heavy atom. The van der Waals surface area contributed by atoms with Crippen LogP contribution in [0.15, 0.2) is 0 Å². The van der Waals surface area contributed by atoms with Gasteiger partial charge in [0.1, 0.15) is 0 Å². The molecule has 0 bridgehead atoms. The van der Waals surface area contributed by atoms with Crippen molar-refractivity contribution in [3.8, 4) is 0 Å². The maximum absolute atomic E-state index is 11.4. The summed E-state index contributed by atoms with van der Waals surface area (Å²) in [5.41, 5.74) is 0. The number of hydrogen-bond donors (Lipinski definition) is 3.